The molecule has 0 saturated heterocycles. The van der Waals surface area contributed by atoms with Gasteiger partial charge in [0.2, 0.25) is 15.9 Å². The molecule has 7 heteroatoms. The van der Waals surface area contributed by atoms with Crippen molar-refractivity contribution in [2.45, 2.75) is 31.1 Å². The van der Waals surface area contributed by atoms with Gasteiger partial charge in [-0.15, -0.1) is 0 Å². The van der Waals surface area contributed by atoms with Gasteiger partial charge in [-0.25, -0.2) is 13.6 Å². The summed E-state index contributed by atoms with van der Waals surface area (Å²) in [7, 11) is -2.33. The zero-order chi connectivity index (χ0) is 15.7. The molecule has 0 spiro atoms. The summed E-state index contributed by atoms with van der Waals surface area (Å²) in [6.45, 7) is 2.76. The van der Waals surface area contributed by atoms with Crippen LogP contribution in [-0.2, 0) is 21.2 Å². The molecule has 0 radical (unpaired) electrons. The van der Waals surface area contributed by atoms with Crippen LogP contribution >= 0.6 is 0 Å². The molecule has 0 atom stereocenters. The molecular weight excluding hydrogens is 292 g/mol. The van der Waals surface area contributed by atoms with Gasteiger partial charge in [0.15, 0.2) is 0 Å². The fraction of sp³-hybridized carbons (Fsp3) is 0.500. The predicted octanol–water partition coefficient (Wildman–Crippen LogP) is 0.801. The number of primary sulfonamides is 1. The molecule has 116 valence electrons. The highest BCUT2D eigenvalue weighted by molar-refractivity contribution is 7.89. The van der Waals surface area contributed by atoms with E-state index in [0.717, 1.165) is 12.8 Å². The molecule has 21 heavy (non-hydrogen) atoms. The van der Waals surface area contributed by atoms with Gasteiger partial charge >= 0.3 is 0 Å². The molecule has 1 aromatic carbocycles. The number of hydrogen-bond donors (Lipinski definition) is 2. The molecule has 1 aliphatic carbocycles. The monoisotopic (exact) mass is 312 g/mol. The van der Waals surface area contributed by atoms with Crippen LogP contribution in [0.3, 0.4) is 0 Å². The van der Waals surface area contributed by atoms with Crippen LogP contribution in [0, 0.1) is 5.41 Å². The number of rotatable bonds is 6. The normalized spacial score (nSPS) is 16.3. The van der Waals surface area contributed by atoms with Crippen molar-refractivity contribution in [3.8, 4) is 5.75 Å². The Morgan fingerprint density at radius 2 is 2.10 bits per heavy atom. The molecule has 1 saturated carbocycles. The van der Waals surface area contributed by atoms with Crippen molar-refractivity contribution in [3.05, 3.63) is 23.8 Å². The van der Waals surface area contributed by atoms with E-state index >= 15 is 0 Å². The van der Waals surface area contributed by atoms with Gasteiger partial charge in [-0.1, -0.05) is 6.92 Å². The molecule has 3 N–H and O–H groups in total. The summed E-state index contributed by atoms with van der Waals surface area (Å²) in [6, 6.07) is 4.25. The zero-order valence-corrected chi connectivity index (χ0v) is 13.0. The smallest absolute Gasteiger partial charge is 0.238 e. The lowest BCUT2D eigenvalue weighted by Gasteiger charge is -2.12. The lowest BCUT2D eigenvalue weighted by atomic mass is 10.1. The second-order valence-corrected chi connectivity index (χ2v) is 7.34. The maximum atomic E-state index is 12.0. The number of sulfonamides is 1. The predicted molar refractivity (Wildman–Crippen MR) is 78.4 cm³/mol. The van der Waals surface area contributed by atoms with Crippen molar-refractivity contribution in [2.75, 3.05) is 13.7 Å². The van der Waals surface area contributed by atoms with Gasteiger partial charge in [-0.3, -0.25) is 4.79 Å². The van der Waals surface area contributed by atoms with Crippen LogP contribution in [-0.4, -0.2) is 28.0 Å². The van der Waals surface area contributed by atoms with E-state index in [4.69, 9.17) is 9.88 Å². The Balaban J connectivity index is 2.11. The van der Waals surface area contributed by atoms with Crippen LogP contribution < -0.4 is 15.2 Å². The van der Waals surface area contributed by atoms with Gasteiger partial charge in [0, 0.05) is 12.1 Å². The third kappa shape index (κ3) is 4.18. The fourth-order valence-electron chi connectivity index (χ4n) is 2.01. The van der Waals surface area contributed by atoms with Crippen LogP contribution in [0.4, 0.5) is 0 Å². The van der Waals surface area contributed by atoms with Gasteiger partial charge in [0.25, 0.3) is 0 Å². The zero-order valence-electron chi connectivity index (χ0n) is 12.2. The summed E-state index contributed by atoms with van der Waals surface area (Å²) in [4.78, 5) is 11.9. The largest absolute Gasteiger partial charge is 0.496 e. The molecule has 6 nitrogen and oxygen atoms in total. The van der Waals surface area contributed by atoms with Crippen molar-refractivity contribution in [1.29, 1.82) is 0 Å². The minimum absolute atomic E-state index is 0.0275. The summed E-state index contributed by atoms with van der Waals surface area (Å²) >= 11 is 0. The topological polar surface area (TPSA) is 98.5 Å². The van der Waals surface area contributed by atoms with Crippen LogP contribution in [0.1, 0.15) is 25.3 Å². The van der Waals surface area contributed by atoms with Crippen LogP contribution in [0.2, 0.25) is 0 Å². The van der Waals surface area contributed by atoms with E-state index in [9.17, 15) is 13.2 Å². The Morgan fingerprint density at radius 3 is 2.62 bits per heavy atom. The first-order valence-corrected chi connectivity index (χ1v) is 8.25. The van der Waals surface area contributed by atoms with E-state index < -0.39 is 10.0 Å². The number of carbonyl (C=O) groups excluding carboxylic acids is 1. The van der Waals surface area contributed by atoms with Gasteiger partial charge < -0.3 is 10.1 Å². The first kappa shape index (κ1) is 15.8. The Morgan fingerprint density at radius 1 is 1.43 bits per heavy atom. The number of nitrogens with two attached hydrogens (primary N) is 1. The quantitative estimate of drug-likeness (QED) is 0.811. The molecule has 0 unspecified atom stereocenters. The number of ether oxygens (including phenoxy) is 1. The lowest BCUT2D eigenvalue weighted by molar-refractivity contribution is -0.120. The van der Waals surface area contributed by atoms with Gasteiger partial charge in [-0.05, 0) is 36.5 Å². The molecule has 0 bridgehead atoms. The Hall–Kier alpha value is -1.60. The summed E-state index contributed by atoms with van der Waals surface area (Å²) in [5, 5.41) is 7.97. The first-order valence-electron chi connectivity index (χ1n) is 6.70. The summed E-state index contributed by atoms with van der Waals surface area (Å²) in [5.41, 5.74) is 0.727. The summed E-state index contributed by atoms with van der Waals surface area (Å²) in [5.74, 6) is 0.308. The number of methoxy groups -OCH3 is 1. The van der Waals surface area contributed by atoms with Crippen molar-refractivity contribution < 1.29 is 17.9 Å². The summed E-state index contributed by atoms with van der Waals surface area (Å²) < 4.78 is 27.9. The average molecular weight is 312 g/mol. The number of amides is 1. The van der Waals surface area contributed by atoms with Crippen LogP contribution in [0.25, 0.3) is 0 Å². The van der Waals surface area contributed by atoms with E-state index in [-0.39, 0.29) is 22.6 Å². The maximum absolute atomic E-state index is 12.0. The third-order valence-electron chi connectivity index (χ3n) is 3.75. The van der Waals surface area contributed by atoms with E-state index in [0.29, 0.717) is 17.9 Å². The number of hydrogen-bond acceptors (Lipinski definition) is 4. The van der Waals surface area contributed by atoms with Crippen molar-refractivity contribution in [1.82, 2.24) is 5.32 Å². The molecule has 0 aromatic heterocycles. The maximum Gasteiger partial charge on any atom is 0.238 e. The minimum Gasteiger partial charge on any atom is -0.496 e. The highest BCUT2D eigenvalue weighted by Crippen LogP contribution is 2.44. The highest BCUT2D eigenvalue weighted by atomic mass is 32.2. The molecule has 1 aliphatic rings. The molecule has 1 amide bonds. The molecular formula is C14H20N2O4S. The number of nitrogens with one attached hydrogen (secondary N) is 1. The second kappa shape index (κ2) is 5.65. The standard InChI is InChI=1S/C14H20N2O4S/c1-14(5-6-14)9-16-13(17)8-10-7-11(21(15,18)19)3-4-12(10)20-2/h3-4,7H,5-6,8-9H2,1-2H3,(H,16,17)(H2,15,18,19). The second-order valence-electron chi connectivity index (χ2n) is 5.78. The van der Waals surface area contributed by atoms with Crippen molar-refractivity contribution in [2.24, 2.45) is 10.6 Å². The first-order chi connectivity index (χ1) is 9.73. The third-order valence-corrected chi connectivity index (χ3v) is 4.66. The Labute approximate surface area is 124 Å². The SMILES string of the molecule is COc1ccc(S(N)(=O)=O)cc1CC(=O)NCC1(C)CC1. The van der Waals surface area contributed by atoms with Gasteiger partial charge in [-0.2, -0.15) is 0 Å². The number of carbonyl (C=O) groups is 1. The van der Waals surface area contributed by atoms with Crippen molar-refractivity contribution >= 4 is 15.9 Å². The van der Waals surface area contributed by atoms with E-state index in [1.54, 1.807) is 0 Å². The molecule has 2 rings (SSSR count). The Kier molecular flexibility index (Phi) is 4.25. The lowest BCUT2D eigenvalue weighted by Crippen LogP contribution is -2.30. The van der Waals surface area contributed by atoms with E-state index in [1.807, 2.05) is 0 Å². The highest BCUT2D eigenvalue weighted by Gasteiger charge is 2.37. The summed E-state index contributed by atoms with van der Waals surface area (Å²) in [6.07, 6.45) is 2.30. The van der Waals surface area contributed by atoms with E-state index in [2.05, 4.69) is 12.2 Å². The molecule has 0 aliphatic heterocycles. The molecule has 0 heterocycles. The fourth-order valence-corrected chi connectivity index (χ4v) is 2.57. The Bertz CT molecular complexity index is 651. The molecule has 1 aromatic rings. The molecule has 1 fully saturated rings. The minimum atomic E-state index is -3.80. The van der Waals surface area contributed by atoms with Crippen LogP contribution in [0.15, 0.2) is 23.1 Å². The average Bonchev–Trinajstić information content (AvgIpc) is 3.14. The van der Waals surface area contributed by atoms with E-state index in [1.165, 1.54) is 25.3 Å². The van der Waals surface area contributed by atoms with Gasteiger partial charge in [0.1, 0.15) is 5.75 Å². The van der Waals surface area contributed by atoms with Crippen molar-refractivity contribution in [3.63, 3.8) is 0 Å². The van der Waals surface area contributed by atoms with Gasteiger partial charge in [0.05, 0.1) is 18.4 Å². The number of benzene rings is 1. The van der Waals surface area contributed by atoms with Crippen LogP contribution in [0.5, 0.6) is 5.75 Å².